The number of nitrogens with one attached hydrogen (secondary N) is 1. The second kappa shape index (κ2) is 8.51. The quantitative estimate of drug-likeness (QED) is 0.666. The van der Waals surface area contributed by atoms with Crippen LogP contribution in [-0.4, -0.2) is 22.6 Å². The number of anilines is 1. The highest BCUT2D eigenvalue weighted by molar-refractivity contribution is 5.92. The van der Waals surface area contributed by atoms with Crippen LogP contribution < -0.4 is 5.32 Å². The van der Waals surface area contributed by atoms with E-state index in [0.29, 0.717) is 5.82 Å². The molecule has 1 aromatic rings. The molecule has 1 aromatic heterocycles. The first-order valence-corrected chi connectivity index (χ1v) is 7.03. The molecule has 0 saturated heterocycles. The summed E-state index contributed by atoms with van der Waals surface area (Å²) in [6.07, 6.45) is 7.65. The van der Waals surface area contributed by atoms with Crippen molar-refractivity contribution >= 4 is 11.8 Å². The van der Waals surface area contributed by atoms with Crippen molar-refractivity contribution < 1.29 is 9.90 Å². The van der Waals surface area contributed by atoms with Crippen LogP contribution in [0.25, 0.3) is 0 Å². The lowest BCUT2D eigenvalue weighted by atomic mass is 10.0. The van der Waals surface area contributed by atoms with Gasteiger partial charge in [0, 0.05) is 12.7 Å². The fourth-order valence-electron chi connectivity index (χ4n) is 1.96. The van der Waals surface area contributed by atoms with Crippen LogP contribution in [0.1, 0.15) is 56.3 Å². The van der Waals surface area contributed by atoms with Crippen LogP contribution in [0.4, 0.5) is 5.82 Å². The Morgan fingerprint density at radius 1 is 1.32 bits per heavy atom. The van der Waals surface area contributed by atoms with Crippen molar-refractivity contribution in [1.29, 1.82) is 0 Å². The van der Waals surface area contributed by atoms with Gasteiger partial charge in [0.1, 0.15) is 11.4 Å². The van der Waals surface area contributed by atoms with Crippen LogP contribution >= 0.6 is 0 Å². The molecule has 0 fully saturated rings. The second-order valence-electron chi connectivity index (χ2n) is 5.23. The number of unbranched alkanes of at least 4 members (excludes halogenated alkanes) is 3. The highest BCUT2D eigenvalue weighted by Gasteiger charge is 2.09. The predicted octanol–water partition coefficient (Wildman–Crippen LogP) is 3.80. The number of hydrogen-bond donors (Lipinski definition) is 2. The second-order valence-corrected chi connectivity index (χ2v) is 5.23. The molecule has 106 valence electrons. The Hall–Kier alpha value is -1.58. The Kier molecular flexibility index (Phi) is 6.93. The van der Waals surface area contributed by atoms with Gasteiger partial charge in [-0.15, -0.1) is 0 Å². The highest BCUT2D eigenvalue weighted by Crippen LogP contribution is 2.12. The summed E-state index contributed by atoms with van der Waals surface area (Å²) in [6, 6.07) is 3.21. The van der Waals surface area contributed by atoms with Crippen molar-refractivity contribution in [1.82, 2.24) is 4.98 Å². The SMILES string of the molecule is CC(C)CCCCCCNc1ncccc1C(=O)O. The average molecular weight is 264 g/mol. The van der Waals surface area contributed by atoms with E-state index in [-0.39, 0.29) is 5.56 Å². The van der Waals surface area contributed by atoms with E-state index in [0.717, 1.165) is 18.9 Å². The Morgan fingerprint density at radius 2 is 2.05 bits per heavy atom. The van der Waals surface area contributed by atoms with Crippen molar-refractivity contribution in [3.63, 3.8) is 0 Å². The average Bonchev–Trinajstić information content (AvgIpc) is 2.37. The standard InChI is InChI=1S/C15H24N2O2/c1-12(2)8-5-3-4-6-10-16-14-13(15(18)19)9-7-11-17-14/h7,9,11-12H,3-6,8,10H2,1-2H3,(H,16,17)(H,18,19). The predicted molar refractivity (Wildman–Crippen MR) is 77.6 cm³/mol. The molecule has 0 aliphatic rings. The molecule has 0 bridgehead atoms. The number of carboxylic acids is 1. The van der Waals surface area contributed by atoms with Gasteiger partial charge in [-0.25, -0.2) is 9.78 Å². The van der Waals surface area contributed by atoms with E-state index < -0.39 is 5.97 Å². The molecule has 0 unspecified atom stereocenters. The van der Waals surface area contributed by atoms with Crippen LogP contribution in [0, 0.1) is 5.92 Å². The van der Waals surface area contributed by atoms with Crippen molar-refractivity contribution in [3.05, 3.63) is 23.9 Å². The molecule has 4 nitrogen and oxygen atoms in total. The number of nitrogens with zero attached hydrogens (tertiary/aromatic N) is 1. The maximum atomic E-state index is 11.0. The Morgan fingerprint density at radius 3 is 2.74 bits per heavy atom. The van der Waals surface area contributed by atoms with E-state index in [1.54, 1.807) is 18.3 Å². The highest BCUT2D eigenvalue weighted by atomic mass is 16.4. The lowest BCUT2D eigenvalue weighted by molar-refractivity contribution is 0.0697. The summed E-state index contributed by atoms with van der Waals surface area (Å²) in [6.45, 7) is 5.27. The van der Waals surface area contributed by atoms with E-state index in [1.807, 2.05) is 0 Å². The number of pyridine rings is 1. The van der Waals surface area contributed by atoms with E-state index in [1.165, 1.54) is 25.7 Å². The number of hydrogen-bond acceptors (Lipinski definition) is 3. The van der Waals surface area contributed by atoms with Gasteiger partial charge in [-0.05, 0) is 24.5 Å². The molecule has 1 rings (SSSR count). The molecular weight excluding hydrogens is 240 g/mol. The lowest BCUT2D eigenvalue weighted by Crippen LogP contribution is -2.09. The molecule has 0 amide bonds. The summed E-state index contributed by atoms with van der Waals surface area (Å²) in [7, 11) is 0. The zero-order valence-electron chi connectivity index (χ0n) is 11.9. The fraction of sp³-hybridized carbons (Fsp3) is 0.600. The Balaban J connectivity index is 2.21. The van der Waals surface area contributed by atoms with Crippen molar-refractivity contribution in [3.8, 4) is 0 Å². The molecule has 0 aromatic carbocycles. The fourth-order valence-corrected chi connectivity index (χ4v) is 1.96. The normalized spacial score (nSPS) is 10.7. The van der Waals surface area contributed by atoms with E-state index in [4.69, 9.17) is 5.11 Å². The van der Waals surface area contributed by atoms with E-state index in [2.05, 4.69) is 24.1 Å². The minimum Gasteiger partial charge on any atom is -0.478 e. The topological polar surface area (TPSA) is 62.2 Å². The summed E-state index contributed by atoms with van der Waals surface area (Å²) in [5, 5.41) is 12.1. The summed E-state index contributed by atoms with van der Waals surface area (Å²) in [4.78, 5) is 15.0. The third-order valence-electron chi connectivity index (χ3n) is 3.04. The number of aromatic carboxylic acids is 1. The number of carbonyl (C=O) groups is 1. The largest absolute Gasteiger partial charge is 0.478 e. The minimum absolute atomic E-state index is 0.238. The van der Waals surface area contributed by atoms with Crippen molar-refractivity contribution in [2.75, 3.05) is 11.9 Å². The minimum atomic E-state index is -0.937. The number of aromatic nitrogens is 1. The first-order valence-electron chi connectivity index (χ1n) is 7.03. The van der Waals surface area contributed by atoms with Crippen LogP contribution in [0.15, 0.2) is 18.3 Å². The summed E-state index contributed by atoms with van der Waals surface area (Å²) < 4.78 is 0. The van der Waals surface area contributed by atoms with Gasteiger partial charge in [-0.1, -0.05) is 39.5 Å². The number of rotatable bonds is 9. The molecular formula is C15H24N2O2. The third kappa shape index (κ3) is 6.22. The lowest BCUT2D eigenvalue weighted by Gasteiger charge is -2.08. The molecule has 0 saturated carbocycles. The summed E-state index contributed by atoms with van der Waals surface area (Å²) in [5.74, 6) is 0.314. The van der Waals surface area contributed by atoms with Crippen LogP contribution in [0.2, 0.25) is 0 Å². The van der Waals surface area contributed by atoms with Gasteiger partial charge in [0.15, 0.2) is 0 Å². The zero-order chi connectivity index (χ0) is 14.1. The van der Waals surface area contributed by atoms with Gasteiger partial charge in [-0.2, -0.15) is 0 Å². The van der Waals surface area contributed by atoms with Gasteiger partial charge < -0.3 is 10.4 Å². The number of carboxylic acid groups (broad SMARTS) is 1. The van der Waals surface area contributed by atoms with Gasteiger partial charge in [0.25, 0.3) is 0 Å². The van der Waals surface area contributed by atoms with Crippen LogP contribution in [-0.2, 0) is 0 Å². The molecule has 0 aliphatic heterocycles. The molecule has 2 N–H and O–H groups in total. The summed E-state index contributed by atoms with van der Waals surface area (Å²) >= 11 is 0. The molecule has 4 heteroatoms. The maximum absolute atomic E-state index is 11.0. The molecule has 0 radical (unpaired) electrons. The molecule has 19 heavy (non-hydrogen) atoms. The molecule has 0 spiro atoms. The monoisotopic (exact) mass is 264 g/mol. The van der Waals surface area contributed by atoms with E-state index in [9.17, 15) is 4.79 Å². The molecule has 0 atom stereocenters. The van der Waals surface area contributed by atoms with Crippen LogP contribution in [0.5, 0.6) is 0 Å². The van der Waals surface area contributed by atoms with Crippen molar-refractivity contribution in [2.24, 2.45) is 5.92 Å². The van der Waals surface area contributed by atoms with Crippen LogP contribution in [0.3, 0.4) is 0 Å². The summed E-state index contributed by atoms with van der Waals surface area (Å²) in [5.41, 5.74) is 0.238. The Bertz CT molecular complexity index is 391. The third-order valence-corrected chi connectivity index (χ3v) is 3.04. The maximum Gasteiger partial charge on any atom is 0.339 e. The van der Waals surface area contributed by atoms with Gasteiger partial charge in [0.05, 0.1) is 0 Å². The van der Waals surface area contributed by atoms with Gasteiger partial charge >= 0.3 is 5.97 Å². The van der Waals surface area contributed by atoms with Gasteiger partial charge in [-0.3, -0.25) is 0 Å². The van der Waals surface area contributed by atoms with Gasteiger partial charge in [0.2, 0.25) is 0 Å². The molecule has 0 aliphatic carbocycles. The smallest absolute Gasteiger partial charge is 0.339 e. The van der Waals surface area contributed by atoms with Crippen molar-refractivity contribution in [2.45, 2.75) is 46.0 Å². The zero-order valence-corrected chi connectivity index (χ0v) is 11.9. The Labute approximate surface area is 115 Å². The first kappa shape index (κ1) is 15.5. The first-order chi connectivity index (χ1) is 9.11. The van der Waals surface area contributed by atoms with E-state index >= 15 is 0 Å². The molecule has 1 heterocycles.